The first-order valence-electron chi connectivity index (χ1n) is 3.07. The van der Waals surface area contributed by atoms with Crippen LogP contribution >= 0.6 is 25.3 Å². The van der Waals surface area contributed by atoms with Crippen molar-refractivity contribution in [2.75, 3.05) is 0 Å². The van der Waals surface area contributed by atoms with Crippen LogP contribution < -0.4 is 0 Å². The molecule has 1 nitrogen and oxygen atoms in total. The molecule has 10 heavy (non-hydrogen) atoms. The van der Waals surface area contributed by atoms with Crippen LogP contribution in [0.15, 0.2) is 23.1 Å². The Hall–Kier alpha value is 0.140. The van der Waals surface area contributed by atoms with Gasteiger partial charge in [-0.25, -0.2) is 0 Å². The molecular formula is C7H10OS2. The molecule has 1 rings (SSSR count). The van der Waals surface area contributed by atoms with Crippen molar-refractivity contribution in [1.82, 2.24) is 0 Å². The van der Waals surface area contributed by atoms with Gasteiger partial charge in [-0.3, -0.25) is 0 Å². The third kappa shape index (κ3) is 1.59. The molecule has 0 radical (unpaired) electrons. The van der Waals surface area contributed by atoms with Crippen molar-refractivity contribution in [3.8, 4) is 0 Å². The number of rotatable bonds is 0. The Balaban J connectivity index is 2.84. The van der Waals surface area contributed by atoms with Gasteiger partial charge in [0.05, 0.1) is 0 Å². The molecule has 0 saturated carbocycles. The summed E-state index contributed by atoms with van der Waals surface area (Å²) in [7, 11) is 0. The van der Waals surface area contributed by atoms with E-state index in [1.165, 1.54) is 0 Å². The average Bonchev–Trinajstić information content (AvgIpc) is 1.81. The lowest BCUT2D eigenvalue weighted by Gasteiger charge is -2.26. The summed E-state index contributed by atoms with van der Waals surface area (Å²) in [5.41, 5.74) is 0. The molecule has 0 spiro atoms. The van der Waals surface area contributed by atoms with Gasteiger partial charge >= 0.3 is 0 Å². The van der Waals surface area contributed by atoms with Crippen LogP contribution in [0, 0.1) is 5.92 Å². The van der Waals surface area contributed by atoms with Crippen molar-refractivity contribution in [3.05, 3.63) is 23.1 Å². The molecule has 0 aromatic rings. The lowest BCUT2D eigenvalue weighted by molar-refractivity contribution is 0.150. The normalized spacial score (nSPS) is 39.6. The minimum atomic E-state index is -0.994. The number of aliphatic hydroxyl groups is 1. The standard InChI is InChI=1S/C7H10OS2/c1-5-4-6(9)2-3-7(5,8)10/h2-5,8-10H,1H3. The second kappa shape index (κ2) is 2.64. The first-order chi connectivity index (χ1) is 4.52. The summed E-state index contributed by atoms with van der Waals surface area (Å²) in [5.74, 6) is 0.0216. The SMILES string of the molecule is CC1C=C(S)C=CC1(O)S. The van der Waals surface area contributed by atoms with Gasteiger partial charge < -0.3 is 5.11 Å². The minimum absolute atomic E-state index is 0.0216. The highest BCUT2D eigenvalue weighted by Crippen LogP contribution is 2.30. The van der Waals surface area contributed by atoms with Crippen molar-refractivity contribution in [3.63, 3.8) is 0 Å². The van der Waals surface area contributed by atoms with Gasteiger partial charge in [0.25, 0.3) is 0 Å². The fraction of sp³-hybridized carbons (Fsp3) is 0.429. The Bertz CT molecular complexity index is 194. The van der Waals surface area contributed by atoms with E-state index in [0.29, 0.717) is 0 Å². The van der Waals surface area contributed by atoms with Crippen LogP contribution in [0.4, 0.5) is 0 Å². The molecule has 0 aliphatic heterocycles. The quantitative estimate of drug-likeness (QED) is 0.376. The van der Waals surface area contributed by atoms with E-state index >= 15 is 0 Å². The Morgan fingerprint density at radius 1 is 1.70 bits per heavy atom. The zero-order valence-electron chi connectivity index (χ0n) is 5.65. The molecule has 3 heteroatoms. The van der Waals surface area contributed by atoms with Crippen molar-refractivity contribution in [2.24, 2.45) is 5.92 Å². The summed E-state index contributed by atoms with van der Waals surface area (Å²) in [6.07, 6.45) is 5.26. The van der Waals surface area contributed by atoms with E-state index in [4.69, 9.17) is 0 Å². The molecule has 1 aliphatic rings. The van der Waals surface area contributed by atoms with Crippen molar-refractivity contribution >= 4 is 25.3 Å². The van der Waals surface area contributed by atoms with Crippen LogP contribution in [0.25, 0.3) is 0 Å². The maximum Gasteiger partial charge on any atom is 0.132 e. The lowest BCUT2D eigenvalue weighted by atomic mass is 9.99. The van der Waals surface area contributed by atoms with Crippen LogP contribution in [0.5, 0.6) is 0 Å². The Morgan fingerprint density at radius 3 is 2.70 bits per heavy atom. The van der Waals surface area contributed by atoms with Gasteiger partial charge in [0, 0.05) is 10.8 Å². The van der Waals surface area contributed by atoms with Crippen LogP contribution in [0.2, 0.25) is 0 Å². The van der Waals surface area contributed by atoms with E-state index < -0.39 is 4.93 Å². The highest BCUT2D eigenvalue weighted by molar-refractivity contribution is 7.84. The Kier molecular flexibility index (Phi) is 2.18. The largest absolute Gasteiger partial charge is 0.376 e. The Labute approximate surface area is 71.6 Å². The summed E-state index contributed by atoms with van der Waals surface area (Å²) in [5, 5.41) is 9.46. The Morgan fingerprint density at radius 2 is 2.30 bits per heavy atom. The third-order valence-electron chi connectivity index (χ3n) is 1.59. The predicted octanol–water partition coefficient (Wildman–Crippen LogP) is 1.62. The van der Waals surface area contributed by atoms with Crippen molar-refractivity contribution < 1.29 is 5.11 Å². The maximum atomic E-state index is 9.46. The zero-order chi connectivity index (χ0) is 7.78. The summed E-state index contributed by atoms with van der Waals surface area (Å²) in [6.45, 7) is 1.90. The van der Waals surface area contributed by atoms with E-state index in [1.54, 1.807) is 12.2 Å². The molecule has 1 N–H and O–H groups in total. The van der Waals surface area contributed by atoms with E-state index in [-0.39, 0.29) is 5.92 Å². The fourth-order valence-corrected chi connectivity index (χ4v) is 1.24. The van der Waals surface area contributed by atoms with Gasteiger partial charge in [-0.05, 0) is 12.2 Å². The summed E-state index contributed by atoms with van der Waals surface area (Å²) in [6, 6.07) is 0. The first-order valence-corrected chi connectivity index (χ1v) is 3.96. The molecular weight excluding hydrogens is 164 g/mol. The molecule has 2 unspecified atom stereocenters. The third-order valence-corrected chi connectivity index (χ3v) is 2.44. The van der Waals surface area contributed by atoms with Gasteiger partial charge in [0.2, 0.25) is 0 Å². The minimum Gasteiger partial charge on any atom is -0.376 e. The second-order valence-electron chi connectivity index (χ2n) is 2.50. The lowest BCUT2D eigenvalue weighted by Crippen LogP contribution is -2.27. The molecule has 0 amide bonds. The van der Waals surface area contributed by atoms with Gasteiger partial charge in [0.1, 0.15) is 4.93 Å². The second-order valence-corrected chi connectivity index (χ2v) is 3.73. The average molecular weight is 174 g/mol. The van der Waals surface area contributed by atoms with Crippen LogP contribution in [0.1, 0.15) is 6.92 Å². The number of hydrogen-bond donors (Lipinski definition) is 3. The van der Waals surface area contributed by atoms with E-state index in [0.717, 1.165) is 4.91 Å². The highest BCUT2D eigenvalue weighted by atomic mass is 32.1. The molecule has 0 aromatic heterocycles. The molecule has 0 aromatic carbocycles. The predicted molar refractivity (Wildman–Crippen MR) is 49.3 cm³/mol. The molecule has 1 aliphatic carbocycles. The maximum absolute atomic E-state index is 9.46. The van der Waals surface area contributed by atoms with Gasteiger partial charge in [-0.15, -0.1) is 25.3 Å². The summed E-state index contributed by atoms with van der Waals surface area (Å²) >= 11 is 8.17. The molecule has 0 fully saturated rings. The monoisotopic (exact) mass is 174 g/mol. The molecule has 0 bridgehead atoms. The van der Waals surface area contributed by atoms with Crippen LogP contribution in [0.3, 0.4) is 0 Å². The number of hydrogen-bond acceptors (Lipinski definition) is 3. The number of allylic oxidation sites excluding steroid dienone is 1. The van der Waals surface area contributed by atoms with E-state index in [2.05, 4.69) is 25.3 Å². The summed E-state index contributed by atoms with van der Waals surface area (Å²) in [4.78, 5) is -0.113. The zero-order valence-corrected chi connectivity index (χ0v) is 7.44. The van der Waals surface area contributed by atoms with Gasteiger partial charge in [0.15, 0.2) is 0 Å². The first kappa shape index (κ1) is 8.24. The molecule has 0 saturated heterocycles. The molecule has 56 valence electrons. The molecule has 2 atom stereocenters. The van der Waals surface area contributed by atoms with Crippen molar-refractivity contribution in [2.45, 2.75) is 11.9 Å². The molecule has 0 heterocycles. The van der Waals surface area contributed by atoms with Gasteiger partial charge in [-0.2, -0.15) is 0 Å². The van der Waals surface area contributed by atoms with E-state index in [9.17, 15) is 5.11 Å². The van der Waals surface area contributed by atoms with Crippen LogP contribution in [-0.4, -0.2) is 10.0 Å². The van der Waals surface area contributed by atoms with E-state index in [1.807, 2.05) is 13.0 Å². The highest BCUT2D eigenvalue weighted by Gasteiger charge is 2.26. The number of thiol groups is 2. The van der Waals surface area contributed by atoms with Crippen molar-refractivity contribution in [1.29, 1.82) is 0 Å². The summed E-state index contributed by atoms with van der Waals surface area (Å²) < 4.78 is 0. The fourth-order valence-electron chi connectivity index (χ4n) is 0.794. The smallest absolute Gasteiger partial charge is 0.132 e. The van der Waals surface area contributed by atoms with Crippen LogP contribution in [-0.2, 0) is 0 Å². The van der Waals surface area contributed by atoms with Gasteiger partial charge in [-0.1, -0.05) is 13.0 Å². The topological polar surface area (TPSA) is 20.2 Å².